The van der Waals surface area contributed by atoms with E-state index in [1.807, 2.05) is 44.2 Å². The summed E-state index contributed by atoms with van der Waals surface area (Å²) < 4.78 is 5.42. The van der Waals surface area contributed by atoms with E-state index in [1.54, 1.807) is 0 Å². The molecular weight excluding hydrogens is 254 g/mol. The van der Waals surface area contributed by atoms with Gasteiger partial charge in [-0.1, -0.05) is 30.3 Å². The molecule has 0 bridgehead atoms. The van der Waals surface area contributed by atoms with Crippen LogP contribution in [0.3, 0.4) is 0 Å². The van der Waals surface area contributed by atoms with Crippen LogP contribution in [0.4, 0.5) is 5.82 Å². The van der Waals surface area contributed by atoms with Crippen LogP contribution >= 0.6 is 0 Å². The maximum Gasteiger partial charge on any atom is 0.221 e. The fourth-order valence-corrected chi connectivity index (χ4v) is 1.88. The van der Waals surface area contributed by atoms with Gasteiger partial charge >= 0.3 is 0 Å². The van der Waals surface area contributed by atoms with Gasteiger partial charge in [-0.3, -0.25) is 0 Å². The van der Waals surface area contributed by atoms with Crippen LogP contribution in [0.25, 0.3) is 0 Å². The lowest BCUT2D eigenvalue weighted by atomic mass is 10.1. The highest BCUT2D eigenvalue weighted by atomic mass is 16.5. The zero-order chi connectivity index (χ0) is 14.4. The van der Waals surface area contributed by atoms with E-state index in [-0.39, 0.29) is 0 Å². The molecule has 106 valence electrons. The van der Waals surface area contributed by atoms with Crippen LogP contribution in [0, 0.1) is 6.92 Å². The van der Waals surface area contributed by atoms with E-state index in [0.717, 1.165) is 11.1 Å². The van der Waals surface area contributed by atoms with Gasteiger partial charge < -0.3 is 15.2 Å². The summed E-state index contributed by atoms with van der Waals surface area (Å²) in [7, 11) is 0. The topological polar surface area (TPSA) is 67.3 Å². The number of aromatic nitrogens is 2. The summed E-state index contributed by atoms with van der Waals surface area (Å²) in [6.07, 6.45) is 0.871. The SMILES string of the molecule is CCOc1ncnc(NCC(O)c2ccccc2)c1C. The van der Waals surface area contributed by atoms with Crippen molar-refractivity contribution in [2.45, 2.75) is 20.0 Å². The third kappa shape index (κ3) is 3.45. The van der Waals surface area contributed by atoms with Gasteiger partial charge in [-0.2, -0.15) is 0 Å². The second kappa shape index (κ2) is 6.86. The third-order valence-electron chi connectivity index (χ3n) is 2.97. The Morgan fingerprint density at radius 1 is 1.25 bits per heavy atom. The predicted octanol–water partition coefficient (Wildman–Crippen LogP) is 2.33. The van der Waals surface area contributed by atoms with Crippen molar-refractivity contribution in [1.29, 1.82) is 0 Å². The Bertz CT molecular complexity index is 546. The van der Waals surface area contributed by atoms with Gasteiger partial charge in [0.1, 0.15) is 12.1 Å². The number of aliphatic hydroxyl groups is 1. The summed E-state index contributed by atoms with van der Waals surface area (Å²) in [5.41, 5.74) is 1.71. The Morgan fingerprint density at radius 3 is 2.70 bits per heavy atom. The van der Waals surface area contributed by atoms with Gasteiger partial charge in [-0.25, -0.2) is 9.97 Å². The summed E-state index contributed by atoms with van der Waals surface area (Å²) in [5, 5.41) is 13.2. The lowest BCUT2D eigenvalue weighted by Gasteiger charge is -2.15. The molecule has 1 heterocycles. The molecule has 2 aromatic rings. The molecule has 0 amide bonds. The summed E-state index contributed by atoms with van der Waals surface area (Å²) in [5.74, 6) is 1.25. The van der Waals surface area contributed by atoms with E-state index in [2.05, 4.69) is 15.3 Å². The van der Waals surface area contributed by atoms with Gasteiger partial charge in [0.25, 0.3) is 0 Å². The second-order valence-electron chi connectivity index (χ2n) is 4.39. The van der Waals surface area contributed by atoms with Crippen molar-refractivity contribution in [3.8, 4) is 5.88 Å². The van der Waals surface area contributed by atoms with Crippen LogP contribution < -0.4 is 10.1 Å². The number of hydrogen-bond acceptors (Lipinski definition) is 5. The van der Waals surface area contributed by atoms with Gasteiger partial charge in [0.05, 0.1) is 18.3 Å². The molecule has 20 heavy (non-hydrogen) atoms. The maximum atomic E-state index is 10.1. The minimum Gasteiger partial charge on any atom is -0.478 e. The summed E-state index contributed by atoms with van der Waals surface area (Å²) in [4.78, 5) is 8.25. The molecule has 0 radical (unpaired) electrons. The molecule has 0 saturated carbocycles. The normalized spacial score (nSPS) is 11.9. The van der Waals surface area contributed by atoms with Gasteiger partial charge in [0.2, 0.25) is 5.88 Å². The molecular formula is C15H19N3O2. The number of hydrogen-bond donors (Lipinski definition) is 2. The first kappa shape index (κ1) is 14.3. The van der Waals surface area contributed by atoms with Crippen LogP contribution in [0.2, 0.25) is 0 Å². The van der Waals surface area contributed by atoms with Crippen molar-refractivity contribution in [2.24, 2.45) is 0 Å². The van der Waals surface area contributed by atoms with Gasteiger partial charge in [0.15, 0.2) is 0 Å². The number of aliphatic hydroxyl groups excluding tert-OH is 1. The van der Waals surface area contributed by atoms with E-state index >= 15 is 0 Å². The average Bonchev–Trinajstić information content (AvgIpc) is 2.49. The molecule has 0 aliphatic heterocycles. The molecule has 1 aromatic heterocycles. The minimum atomic E-state index is -0.582. The molecule has 0 fully saturated rings. The van der Waals surface area contributed by atoms with Crippen LogP contribution in [0.5, 0.6) is 5.88 Å². The first-order chi connectivity index (χ1) is 9.72. The zero-order valence-corrected chi connectivity index (χ0v) is 11.7. The van der Waals surface area contributed by atoms with E-state index < -0.39 is 6.10 Å². The van der Waals surface area contributed by atoms with E-state index in [1.165, 1.54) is 6.33 Å². The largest absolute Gasteiger partial charge is 0.478 e. The van der Waals surface area contributed by atoms with Crippen molar-refractivity contribution >= 4 is 5.82 Å². The third-order valence-corrected chi connectivity index (χ3v) is 2.97. The fourth-order valence-electron chi connectivity index (χ4n) is 1.88. The molecule has 5 nitrogen and oxygen atoms in total. The summed E-state index contributed by atoms with van der Waals surface area (Å²) in [6, 6.07) is 9.52. The Kier molecular flexibility index (Phi) is 4.90. The van der Waals surface area contributed by atoms with Crippen LogP contribution in [0.1, 0.15) is 24.2 Å². The molecule has 2 rings (SSSR count). The second-order valence-corrected chi connectivity index (χ2v) is 4.39. The molecule has 5 heteroatoms. The Morgan fingerprint density at radius 2 is 2.00 bits per heavy atom. The molecule has 1 aromatic carbocycles. The van der Waals surface area contributed by atoms with E-state index in [4.69, 9.17) is 4.74 Å². The molecule has 0 saturated heterocycles. The number of rotatable bonds is 6. The quantitative estimate of drug-likeness (QED) is 0.845. The first-order valence-electron chi connectivity index (χ1n) is 6.63. The Labute approximate surface area is 118 Å². The number of nitrogens with zero attached hydrogens (tertiary/aromatic N) is 2. The molecule has 0 aliphatic rings. The van der Waals surface area contributed by atoms with Gasteiger partial charge in [0, 0.05) is 6.54 Å². The van der Waals surface area contributed by atoms with Gasteiger partial charge in [-0.05, 0) is 19.4 Å². The summed E-state index contributed by atoms with van der Waals surface area (Å²) in [6.45, 7) is 4.74. The number of anilines is 1. The summed E-state index contributed by atoms with van der Waals surface area (Å²) >= 11 is 0. The molecule has 1 unspecified atom stereocenters. The van der Waals surface area contributed by atoms with Crippen molar-refractivity contribution in [2.75, 3.05) is 18.5 Å². The number of ether oxygens (including phenoxy) is 1. The van der Waals surface area contributed by atoms with Crippen molar-refractivity contribution < 1.29 is 9.84 Å². The number of benzene rings is 1. The van der Waals surface area contributed by atoms with Crippen LogP contribution in [-0.4, -0.2) is 28.2 Å². The van der Waals surface area contributed by atoms with Gasteiger partial charge in [-0.15, -0.1) is 0 Å². The zero-order valence-electron chi connectivity index (χ0n) is 11.7. The maximum absolute atomic E-state index is 10.1. The standard InChI is InChI=1S/C15H19N3O2/c1-3-20-15-11(2)14(17-10-18-15)16-9-13(19)12-7-5-4-6-8-12/h4-8,10,13,19H,3,9H2,1-2H3,(H,16,17,18). The fraction of sp³-hybridized carbons (Fsp3) is 0.333. The molecule has 0 aliphatic carbocycles. The van der Waals surface area contributed by atoms with Crippen LogP contribution in [0.15, 0.2) is 36.7 Å². The highest BCUT2D eigenvalue weighted by molar-refractivity contribution is 5.47. The van der Waals surface area contributed by atoms with Crippen molar-refractivity contribution in [3.63, 3.8) is 0 Å². The predicted molar refractivity (Wildman–Crippen MR) is 77.8 cm³/mol. The average molecular weight is 273 g/mol. The van der Waals surface area contributed by atoms with Crippen molar-refractivity contribution in [1.82, 2.24) is 9.97 Å². The number of nitrogens with one attached hydrogen (secondary N) is 1. The lowest BCUT2D eigenvalue weighted by Crippen LogP contribution is -2.14. The van der Waals surface area contributed by atoms with E-state index in [9.17, 15) is 5.11 Å². The highest BCUT2D eigenvalue weighted by Crippen LogP contribution is 2.21. The smallest absolute Gasteiger partial charge is 0.221 e. The Hall–Kier alpha value is -2.14. The molecule has 2 N–H and O–H groups in total. The van der Waals surface area contributed by atoms with E-state index in [0.29, 0.717) is 24.8 Å². The first-order valence-corrected chi connectivity index (χ1v) is 6.63. The van der Waals surface area contributed by atoms with Crippen molar-refractivity contribution in [3.05, 3.63) is 47.8 Å². The minimum absolute atomic E-state index is 0.382. The lowest BCUT2D eigenvalue weighted by molar-refractivity contribution is 0.191. The molecule has 1 atom stereocenters. The Balaban J connectivity index is 2.02. The van der Waals surface area contributed by atoms with Crippen LogP contribution in [-0.2, 0) is 0 Å². The monoisotopic (exact) mass is 273 g/mol. The highest BCUT2D eigenvalue weighted by Gasteiger charge is 2.10. The molecule has 0 spiro atoms.